The molecule has 1 fully saturated rings. The predicted molar refractivity (Wildman–Crippen MR) is 122 cm³/mol. The van der Waals surface area contributed by atoms with Crippen LogP contribution in [0, 0.1) is 11.6 Å². The fourth-order valence-corrected chi connectivity index (χ4v) is 5.77. The lowest BCUT2D eigenvalue weighted by Gasteiger charge is -2.46. The molecule has 11 heteroatoms. The second kappa shape index (κ2) is 8.28. The van der Waals surface area contributed by atoms with E-state index in [4.69, 9.17) is 4.74 Å². The lowest BCUT2D eigenvalue weighted by molar-refractivity contribution is -0.271. The van der Waals surface area contributed by atoms with Gasteiger partial charge in [0.25, 0.3) is 5.91 Å². The topological polar surface area (TPSA) is 98.7 Å². The molecule has 4 heterocycles. The summed E-state index contributed by atoms with van der Waals surface area (Å²) in [4.78, 5) is 27.2. The standard InChI is InChI=1S/C24H20F2N4O4S/c25-16-3-1-12-9-13-10-14(2-4-18(13)35-11-15(12)19(16)26)34-23-22-28-30-7-5-17(31)21(32)20(30)24(33)29(22)8-6-27-23/h1-5,7,10,22-23,27-28,32H,6,8-9,11H2/p-1/t22?,23-/m0/s1. The number of nitrogens with one attached hydrogen (secondary N) is 2. The number of rotatable bonds is 2. The molecule has 1 unspecified atom stereocenters. The molecule has 0 spiro atoms. The molecule has 3 aliphatic rings. The third-order valence-corrected chi connectivity index (χ3v) is 7.59. The number of nitrogens with zero attached hydrogens (tertiary/aromatic N) is 2. The molecule has 0 bridgehead atoms. The molecule has 35 heavy (non-hydrogen) atoms. The number of thioether (sulfide) groups is 1. The first kappa shape index (κ1) is 21.9. The number of fused-ring (bicyclic) bond motifs is 4. The number of carbonyl (C=O) groups excluding carboxylic acids is 1. The molecule has 180 valence electrons. The van der Waals surface area contributed by atoms with Gasteiger partial charge in [0.15, 0.2) is 29.5 Å². The molecular formula is C24H19F2N4O4S-. The highest BCUT2D eigenvalue weighted by atomic mass is 32.2. The SMILES string of the molecule is O=C1c2c([O-])c(=O)ccn2NC2[C@H](Oc3ccc4c(c3)Cc3ccc(F)c(F)c3CS4)NCCN12. The summed E-state index contributed by atoms with van der Waals surface area (Å²) in [6, 6.07) is 9.43. The van der Waals surface area contributed by atoms with E-state index >= 15 is 0 Å². The van der Waals surface area contributed by atoms with Gasteiger partial charge in [0, 0.05) is 41.6 Å². The van der Waals surface area contributed by atoms with E-state index < -0.39 is 41.1 Å². The summed E-state index contributed by atoms with van der Waals surface area (Å²) in [6.45, 7) is 0.761. The van der Waals surface area contributed by atoms with Crippen LogP contribution >= 0.6 is 11.8 Å². The minimum atomic E-state index is -0.850. The molecule has 1 aromatic heterocycles. The number of hydrogen-bond donors (Lipinski definition) is 2. The largest absolute Gasteiger partial charge is 0.868 e. The normalized spacial score (nSPS) is 20.6. The van der Waals surface area contributed by atoms with Crippen LogP contribution < -0.4 is 26.0 Å². The summed E-state index contributed by atoms with van der Waals surface area (Å²) in [6.07, 6.45) is 0.519. The fraction of sp³-hybridized carbons (Fsp3) is 0.250. The van der Waals surface area contributed by atoms with E-state index in [0.29, 0.717) is 36.6 Å². The maximum absolute atomic E-state index is 14.3. The number of amides is 1. The van der Waals surface area contributed by atoms with Crippen molar-refractivity contribution >= 4 is 17.7 Å². The average Bonchev–Trinajstić information content (AvgIpc) is 3.04. The number of halogens is 2. The Bertz CT molecular complexity index is 1430. The Hall–Kier alpha value is -3.57. The van der Waals surface area contributed by atoms with E-state index in [2.05, 4.69) is 10.7 Å². The van der Waals surface area contributed by atoms with Crippen molar-refractivity contribution in [2.75, 3.05) is 18.5 Å². The zero-order valence-electron chi connectivity index (χ0n) is 18.2. The van der Waals surface area contributed by atoms with Gasteiger partial charge in [-0.05, 0) is 47.6 Å². The first-order chi connectivity index (χ1) is 16.9. The van der Waals surface area contributed by atoms with Gasteiger partial charge < -0.3 is 14.7 Å². The van der Waals surface area contributed by atoms with Crippen molar-refractivity contribution < 1.29 is 23.4 Å². The summed E-state index contributed by atoms with van der Waals surface area (Å²) in [7, 11) is 0. The molecule has 2 aromatic carbocycles. The van der Waals surface area contributed by atoms with Crippen LogP contribution in [0.15, 0.2) is 52.3 Å². The van der Waals surface area contributed by atoms with E-state index in [0.717, 1.165) is 28.2 Å². The van der Waals surface area contributed by atoms with Gasteiger partial charge in [-0.1, -0.05) is 6.07 Å². The lowest BCUT2D eigenvalue weighted by Crippen LogP contribution is -2.68. The first-order valence-electron chi connectivity index (χ1n) is 11.0. The van der Waals surface area contributed by atoms with E-state index in [1.54, 1.807) is 12.1 Å². The van der Waals surface area contributed by atoms with Crippen molar-refractivity contribution in [2.24, 2.45) is 0 Å². The maximum Gasteiger partial charge on any atom is 0.273 e. The molecule has 3 aliphatic heterocycles. The quantitative estimate of drug-likeness (QED) is 0.557. The van der Waals surface area contributed by atoms with Crippen LogP contribution in [0.5, 0.6) is 11.5 Å². The Balaban J connectivity index is 1.28. The van der Waals surface area contributed by atoms with E-state index in [1.165, 1.54) is 27.5 Å². The third kappa shape index (κ3) is 3.62. The van der Waals surface area contributed by atoms with Gasteiger partial charge in [-0.3, -0.25) is 25.0 Å². The van der Waals surface area contributed by atoms with Crippen LogP contribution in [0.2, 0.25) is 0 Å². The van der Waals surface area contributed by atoms with Crippen LogP contribution in [0.3, 0.4) is 0 Å². The summed E-state index contributed by atoms with van der Waals surface area (Å²) < 4.78 is 35.5. The van der Waals surface area contributed by atoms with Crippen LogP contribution in [-0.2, 0) is 12.2 Å². The Labute approximate surface area is 202 Å². The van der Waals surface area contributed by atoms with Gasteiger partial charge in [0.05, 0.1) is 0 Å². The zero-order chi connectivity index (χ0) is 24.3. The van der Waals surface area contributed by atoms with Gasteiger partial charge in [0.2, 0.25) is 0 Å². The molecule has 1 saturated heterocycles. The highest BCUT2D eigenvalue weighted by molar-refractivity contribution is 7.98. The summed E-state index contributed by atoms with van der Waals surface area (Å²) >= 11 is 1.44. The first-order valence-corrected chi connectivity index (χ1v) is 12.0. The van der Waals surface area contributed by atoms with Crippen LogP contribution in [-0.4, -0.2) is 41.0 Å². The molecule has 1 amide bonds. The number of carbonyl (C=O) groups is 1. The molecule has 2 atom stereocenters. The number of benzene rings is 2. The van der Waals surface area contributed by atoms with E-state index in [1.807, 2.05) is 12.1 Å². The van der Waals surface area contributed by atoms with Gasteiger partial charge >= 0.3 is 0 Å². The highest BCUT2D eigenvalue weighted by Crippen LogP contribution is 2.37. The van der Waals surface area contributed by atoms with Crippen molar-refractivity contribution in [2.45, 2.75) is 29.5 Å². The van der Waals surface area contributed by atoms with E-state index in [9.17, 15) is 23.5 Å². The predicted octanol–water partition coefficient (Wildman–Crippen LogP) is 1.73. The lowest BCUT2D eigenvalue weighted by atomic mass is 10.00. The average molecular weight is 498 g/mol. The molecule has 6 rings (SSSR count). The van der Waals surface area contributed by atoms with Crippen molar-refractivity contribution in [1.29, 1.82) is 0 Å². The smallest absolute Gasteiger partial charge is 0.273 e. The monoisotopic (exact) mass is 497 g/mol. The maximum atomic E-state index is 14.3. The van der Waals surface area contributed by atoms with Gasteiger partial charge in [0.1, 0.15) is 11.4 Å². The van der Waals surface area contributed by atoms with Crippen molar-refractivity contribution in [3.63, 3.8) is 0 Å². The minimum absolute atomic E-state index is 0.223. The second-order valence-corrected chi connectivity index (χ2v) is 9.54. The Morgan fingerprint density at radius 1 is 1.11 bits per heavy atom. The second-order valence-electron chi connectivity index (χ2n) is 8.53. The number of pyridine rings is 1. The minimum Gasteiger partial charge on any atom is -0.868 e. The highest BCUT2D eigenvalue weighted by Gasteiger charge is 2.41. The Morgan fingerprint density at radius 2 is 1.97 bits per heavy atom. The Kier molecular flexibility index (Phi) is 5.19. The van der Waals surface area contributed by atoms with Crippen molar-refractivity contribution in [3.8, 4) is 11.5 Å². The van der Waals surface area contributed by atoms with Crippen molar-refractivity contribution in [3.05, 3.63) is 86.8 Å². The fourth-order valence-electron chi connectivity index (χ4n) is 4.68. The number of hydrogen-bond acceptors (Lipinski definition) is 7. The van der Waals surface area contributed by atoms with Gasteiger partial charge in [-0.15, -0.1) is 11.8 Å². The molecule has 0 radical (unpaired) electrons. The number of aromatic nitrogens is 1. The molecule has 8 nitrogen and oxygen atoms in total. The number of ether oxygens (including phenoxy) is 1. The van der Waals surface area contributed by atoms with Crippen LogP contribution in [0.1, 0.15) is 27.2 Å². The summed E-state index contributed by atoms with van der Waals surface area (Å²) in [5.74, 6) is -2.16. The number of piperazine rings is 1. The summed E-state index contributed by atoms with van der Waals surface area (Å²) in [5.41, 5.74) is 4.15. The molecule has 3 aromatic rings. The third-order valence-electron chi connectivity index (χ3n) is 6.45. The Morgan fingerprint density at radius 3 is 2.83 bits per heavy atom. The van der Waals surface area contributed by atoms with Gasteiger partial charge in [-0.25, -0.2) is 8.78 Å². The van der Waals surface area contributed by atoms with Crippen molar-refractivity contribution in [1.82, 2.24) is 14.9 Å². The molecular weight excluding hydrogens is 478 g/mol. The molecule has 0 aliphatic carbocycles. The molecule has 0 saturated carbocycles. The van der Waals surface area contributed by atoms with Crippen LogP contribution in [0.4, 0.5) is 8.78 Å². The summed E-state index contributed by atoms with van der Waals surface area (Å²) in [5, 5.41) is 15.5. The zero-order valence-corrected chi connectivity index (χ0v) is 19.0. The van der Waals surface area contributed by atoms with Crippen LogP contribution in [0.25, 0.3) is 0 Å². The van der Waals surface area contributed by atoms with E-state index in [-0.39, 0.29) is 5.69 Å². The van der Waals surface area contributed by atoms with Gasteiger partial charge in [-0.2, -0.15) is 0 Å². The molecule has 2 N–H and O–H groups in total.